The van der Waals surface area contributed by atoms with Crippen molar-refractivity contribution in [3.63, 3.8) is 0 Å². The lowest BCUT2D eigenvalue weighted by Crippen LogP contribution is -2.30. The molecule has 0 aromatic heterocycles. The number of ether oxygens (including phenoxy) is 1. The summed E-state index contributed by atoms with van der Waals surface area (Å²) in [7, 11) is -3.85. The number of aryl methyl sites for hydroxylation is 1. The highest BCUT2D eigenvalue weighted by Gasteiger charge is 2.21. The molecule has 0 saturated heterocycles. The van der Waals surface area contributed by atoms with E-state index in [0.29, 0.717) is 11.4 Å². The van der Waals surface area contributed by atoms with Gasteiger partial charge in [0.1, 0.15) is 0 Å². The van der Waals surface area contributed by atoms with Gasteiger partial charge in [0.25, 0.3) is 15.9 Å². The second-order valence-electron chi connectivity index (χ2n) is 7.42. The predicted octanol–water partition coefficient (Wildman–Crippen LogP) is 3.08. The second-order valence-corrected chi connectivity index (χ2v) is 9.11. The van der Waals surface area contributed by atoms with Crippen LogP contribution in [0.5, 0.6) is 0 Å². The lowest BCUT2D eigenvalue weighted by atomic mass is 10.2. The number of para-hydroxylation sites is 1. The van der Waals surface area contributed by atoms with Gasteiger partial charge in [0.2, 0.25) is 5.91 Å². The molecule has 34 heavy (non-hydrogen) atoms. The lowest BCUT2D eigenvalue weighted by molar-refractivity contribution is -0.123. The Labute approximate surface area is 197 Å². The minimum Gasteiger partial charge on any atom is -0.449 e. The van der Waals surface area contributed by atoms with Crippen LogP contribution in [-0.2, 0) is 19.6 Å². The van der Waals surface area contributed by atoms with Gasteiger partial charge in [0.05, 0.1) is 16.1 Å². The molecule has 0 spiro atoms. The smallest absolute Gasteiger partial charge is 0.338 e. The summed E-state index contributed by atoms with van der Waals surface area (Å²) in [4.78, 5) is 35.8. The highest BCUT2D eigenvalue weighted by atomic mass is 32.2. The maximum atomic E-state index is 12.6. The molecule has 3 rings (SSSR count). The molecule has 0 bridgehead atoms. The summed E-state index contributed by atoms with van der Waals surface area (Å²) in [6.07, 6.45) is -1.13. The molecule has 1 atom stereocenters. The Morgan fingerprint density at radius 3 is 2.06 bits per heavy atom. The minimum absolute atomic E-state index is 0.0301. The number of nitrogens with two attached hydrogens (primary N) is 1. The highest BCUT2D eigenvalue weighted by Crippen LogP contribution is 2.20. The quantitative estimate of drug-likeness (QED) is 0.422. The van der Waals surface area contributed by atoms with Crippen LogP contribution in [0.1, 0.15) is 33.2 Å². The first-order chi connectivity index (χ1) is 16.1. The molecule has 0 heterocycles. The van der Waals surface area contributed by atoms with Gasteiger partial charge in [-0.2, -0.15) is 0 Å². The van der Waals surface area contributed by atoms with Crippen LogP contribution >= 0.6 is 0 Å². The lowest BCUT2D eigenvalue weighted by Gasteiger charge is -2.14. The fourth-order valence-electron chi connectivity index (χ4n) is 2.91. The van der Waals surface area contributed by atoms with Crippen LogP contribution in [0.3, 0.4) is 0 Å². The maximum absolute atomic E-state index is 12.6. The molecule has 176 valence electrons. The number of carbonyl (C=O) groups is 3. The average molecular weight is 482 g/mol. The molecule has 9 nitrogen and oxygen atoms in total. The van der Waals surface area contributed by atoms with Gasteiger partial charge >= 0.3 is 5.97 Å². The average Bonchev–Trinajstić information content (AvgIpc) is 2.80. The largest absolute Gasteiger partial charge is 0.449 e. The summed E-state index contributed by atoms with van der Waals surface area (Å²) in [6, 6.07) is 18.0. The van der Waals surface area contributed by atoms with Crippen molar-refractivity contribution in [1.29, 1.82) is 0 Å². The summed E-state index contributed by atoms with van der Waals surface area (Å²) in [6.45, 7) is 3.18. The van der Waals surface area contributed by atoms with Crippen molar-refractivity contribution in [3.05, 3.63) is 89.5 Å². The van der Waals surface area contributed by atoms with Gasteiger partial charge in [0, 0.05) is 11.3 Å². The zero-order valence-electron chi connectivity index (χ0n) is 18.4. The molecule has 0 fully saturated rings. The van der Waals surface area contributed by atoms with E-state index in [4.69, 9.17) is 10.5 Å². The van der Waals surface area contributed by atoms with E-state index >= 15 is 0 Å². The Balaban J connectivity index is 1.62. The molecule has 2 amide bonds. The Morgan fingerprint density at radius 1 is 0.882 bits per heavy atom. The van der Waals surface area contributed by atoms with Crippen LogP contribution in [0.15, 0.2) is 77.7 Å². The fourth-order valence-corrected chi connectivity index (χ4v) is 4.04. The number of anilines is 2. The summed E-state index contributed by atoms with van der Waals surface area (Å²) in [5.41, 5.74) is 7.17. The Hall–Kier alpha value is -4.18. The van der Waals surface area contributed by atoms with Crippen LogP contribution in [-0.4, -0.2) is 32.3 Å². The van der Waals surface area contributed by atoms with E-state index in [1.807, 2.05) is 0 Å². The molecule has 10 heteroatoms. The number of hydrogen-bond acceptors (Lipinski definition) is 6. The topological polar surface area (TPSA) is 145 Å². The van der Waals surface area contributed by atoms with Gasteiger partial charge in [-0.05, 0) is 74.0 Å². The van der Waals surface area contributed by atoms with Gasteiger partial charge in [-0.25, -0.2) is 13.2 Å². The zero-order valence-corrected chi connectivity index (χ0v) is 19.3. The number of amides is 2. The van der Waals surface area contributed by atoms with Gasteiger partial charge in [0.15, 0.2) is 6.10 Å². The fraction of sp³-hybridized carbons (Fsp3) is 0.125. The Morgan fingerprint density at radius 2 is 1.47 bits per heavy atom. The number of hydrogen-bond donors (Lipinski definition) is 3. The van der Waals surface area contributed by atoms with Crippen LogP contribution in [0.4, 0.5) is 11.4 Å². The van der Waals surface area contributed by atoms with Crippen LogP contribution in [0, 0.1) is 6.92 Å². The maximum Gasteiger partial charge on any atom is 0.338 e. The van der Waals surface area contributed by atoms with Gasteiger partial charge in [-0.3, -0.25) is 14.3 Å². The molecule has 3 aromatic carbocycles. The first-order valence-corrected chi connectivity index (χ1v) is 11.7. The number of carbonyl (C=O) groups excluding carboxylic acids is 3. The van der Waals surface area contributed by atoms with E-state index in [2.05, 4.69) is 10.0 Å². The van der Waals surface area contributed by atoms with Crippen LogP contribution in [0.2, 0.25) is 0 Å². The number of rotatable bonds is 8. The van der Waals surface area contributed by atoms with Crippen molar-refractivity contribution in [2.45, 2.75) is 24.8 Å². The minimum atomic E-state index is -3.85. The number of benzene rings is 3. The first-order valence-electron chi connectivity index (χ1n) is 10.2. The van der Waals surface area contributed by atoms with Gasteiger partial charge in [-0.15, -0.1) is 0 Å². The molecular formula is C24H23N3O6S. The van der Waals surface area contributed by atoms with Crippen molar-refractivity contribution in [2.75, 3.05) is 10.0 Å². The van der Waals surface area contributed by atoms with Gasteiger partial charge < -0.3 is 15.8 Å². The molecule has 3 aromatic rings. The molecule has 4 N–H and O–H groups in total. The second kappa shape index (κ2) is 10.2. The third-order valence-electron chi connectivity index (χ3n) is 4.88. The van der Waals surface area contributed by atoms with Crippen LogP contribution in [0.25, 0.3) is 0 Å². The number of primary amides is 1. The summed E-state index contributed by atoms with van der Waals surface area (Å²) >= 11 is 0. The summed E-state index contributed by atoms with van der Waals surface area (Å²) < 4.78 is 32.9. The Kier molecular flexibility index (Phi) is 7.32. The molecule has 0 radical (unpaired) electrons. The molecule has 0 aliphatic heterocycles. The van der Waals surface area contributed by atoms with E-state index in [-0.39, 0.29) is 16.0 Å². The molecule has 0 unspecified atom stereocenters. The molecule has 0 saturated carbocycles. The number of esters is 1. The first kappa shape index (κ1) is 24.5. The van der Waals surface area contributed by atoms with E-state index in [0.717, 1.165) is 5.56 Å². The van der Waals surface area contributed by atoms with Crippen molar-refractivity contribution < 1.29 is 27.5 Å². The third-order valence-corrected chi connectivity index (χ3v) is 6.26. The predicted molar refractivity (Wildman–Crippen MR) is 127 cm³/mol. The monoisotopic (exact) mass is 481 g/mol. The van der Waals surface area contributed by atoms with Crippen LogP contribution < -0.4 is 15.8 Å². The van der Waals surface area contributed by atoms with Crippen molar-refractivity contribution >= 4 is 39.2 Å². The zero-order chi connectivity index (χ0) is 24.9. The Bertz CT molecular complexity index is 1320. The van der Waals surface area contributed by atoms with Crippen molar-refractivity contribution in [1.82, 2.24) is 0 Å². The SMILES string of the molecule is Cc1ccccc1NS(=O)(=O)c1ccc(C(=O)O[C@@H](C)C(=O)Nc2ccc(C(N)=O)cc2)cc1. The third kappa shape index (κ3) is 5.99. The van der Waals surface area contributed by atoms with E-state index in [1.54, 1.807) is 31.2 Å². The van der Waals surface area contributed by atoms with E-state index in [9.17, 15) is 22.8 Å². The highest BCUT2D eigenvalue weighted by molar-refractivity contribution is 7.92. The number of nitrogens with one attached hydrogen (secondary N) is 2. The van der Waals surface area contributed by atoms with E-state index in [1.165, 1.54) is 55.5 Å². The van der Waals surface area contributed by atoms with Crippen molar-refractivity contribution in [2.24, 2.45) is 5.73 Å². The van der Waals surface area contributed by atoms with Gasteiger partial charge in [-0.1, -0.05) is 18.2 Å². The van der Waals surface area contributed by atoms with E-state index < -0.39 is 33.9 Å². The standard InChI is InChI=1S/C24H23N3O6S/c1-15-5-3-4-6-21(15)27-34(31,32)20-13-9-18(10-14-20)24(30)33-16(2)23(29)26-19-11-7-17(8-12-19)22(25)28/h3-14,16,27H,1-2H3,(H2,25,28)(H,26,29)/t16-/m0/s1. The summed E-state index contributed by atoms with van der Waals surface area (Å²) in [5, 5.41) is 2.57. The summed E-state index contributed by atoms with van der Waals surface area (Å²) in [5.74, 6) is -1.96. The molecule has 0 aliphatic rings. The normalized spacial score (nSPS) is 11.8. The molecular weight excluding hydrogens is 458 g/mol. The van der Waals surface area contributed by atoms with Crippen molar-refractivity contribution in [3.8, 4) is 0 Å². The molecule has 0 aliphatic carbocycles. The number of sulfonamides is 1.